The van der Waals surface area contributed by atoms with Gasteiger partial charge in [-0.15, -0.1) is 0 Å². The maximum Gasteiger partial charge on any atom is 0.303 e. The predicted octanol–water partition coefficient (Wildman–Crippen LogP) is 4.13. The van der Waals surface area contributed by atoms with Gasteiger partial charge in [-0.1, -0.05) is 40.5 Å². The van der Waals surface area contributed by atoms with E-state index in [9.17, 15) is 30.0 Å². The van der Waals surface area contributed by atoms with Crippen molar-refractivity contribution < 1.29 is 49.0 Å². The number of carbonyl (C=O) groups excluding carboxylic acids is 2. The summed E-state index contributed by atoms with van der Waals surface area (Å²) in [4.78, 5) is 22.7. The molecule has 0 amide bonds. The Morgan fingerprint density at radius 3 is 2.39 bits per heavy atom. The number of esters is 2. The van der Waals surface area contributed by atoms with Crippen LogP contribution in [0.4, 0.5) is 0 Å². The SMILES string of the molecule is CC(=O)OCC(C)CCC[C@@H](C)[C@H]1CC[C@H]2[C@@H]3C[C@@H](O)[C@@]4(O)C[C@@H](O[C@@H]5OC[C@@H](O)[C@@H](OC(C)=O)[C@@H]5O)CC[C@]4(C)[C@H]3CC[C@]12C. The van der Waals surface area contributed by atoms with Crippen LogP contribution < -0.4 is 0 Å². The highest BCUT2D eigenvalue weighted by molar-refractivity contribution is 5.66. The number of hydrogen-bond acceptors (Lipinski definition) is 10. The van der Waals surface area contributed by atoms with Crippen LogP contribution in [0.2, 0.25) is 0 Å². The Morgan fingerprint density at radius 1 is 0.957 bits per heavy atom. The molecule has 1 heterocycles. The van der Waals surface area contributed by atoms with E-state index in [-0.39, 0.29) is 24.4 Å². The van der Waals surface area contributed by atoms with E-state index in [0.29, 0.717) is 61.4 Å². The molecule has 4 N–H and O–H groups in total. The second-order valence-corrected chi connectivity index (χ2v) is 16.3. The number of carbonyl (C=O) groups is 2. The molecular formula is C36H60O10. The van der Waals surface area contributed by atoms with Gasteiger partial charge in [0.25, 0.3) is 0 Å². The first kappa shape index (κ1) is 36.0. The third-order valence-electron chi connectivity index (χ3n) is 13.6. The zero-order chi connectivity index (χ0) is 33.6. The molecule has 0 spiro atoms. The minimum Gasteiger partial charge on any atom is -0.466 e. The topological polar surface area (TPSA) is 152 Å². The first-order valence-electron chi connectivity index (χ1n) is 17.9. The van der Waals surface area contributed by atoms with Crippen LogP contribution in [0, 0.1) is 46.3 Å². The molecule has 0 bridgehead atoms. The number of hydrogen-bond donors (Lipinski definition) is 4. The normalized spacial score (nSPS) is 46.7. The summed E-state index contributed by atoms with van der Waals surface area (Å²) in [7, 11) is 0. The minimum absolute atomic E-state index is 0.143. The third kappa shape index (κ3) is 6.65. The highest BCUT2D eigenvalue weighted by atomic mass is 16.7. The lowest BCUT2D eigenvalue weighted by molar-refractivity contribution is -0.311. The Morgan fingerprint density at radius 2 is 1.70 bits per heavy atom. The maximum absolute atomic E-state index is 12.3. The number of fused-ring (bicyclic) bond motifs is 5. The van der Waals surface area contributed by atoms with E-state index in [0.717, 1.165) is 25.7 Å². The molecule has 10 nitrogen and oxygen atoms in total. The Hall–Kier alpha value is -1.30. The van der Waals surface area contributed by atoms with Gasteiger partial charge in [-0.05, 0) is 92.3 Å². The largest absolute Gasteiger partial charge is 0.466 e. The molecule has 5 fully saturated rings. The summed E-state index contributed by atoms with van der Waals surface area (Å²) in [5.41, 5.74) is -1.55. The van der Waals surface area contributed by atoms with E-state index in [1.807, 2.05) is 0 Å². The number of aliphatic hydroxyl groups excluding tert-OH is 3. The molecule has 0 radical (unpaired) electrons. The summed E-state index contributed by atoms with van der Waals surface area (Å²) in [5, 5.41) is 45.1. The summed E-state index contributed by atoms with van der Waals surface area (Å²) in [6, 6.07) is 0. The molecule has 1 aliphatic heterocycles. The quantitative estimate of drug-likeness (QED) is 0.200. The molecule has 5 aliphatic rings. The van der Waals surface area contributed by atoms with Crippen LogP contribution in [-0.4, -0.2) is 88.0 Å². The summed E-state index contributed by atoms with van der Waals surface area (Å²) in [6.45, 7) is 12.3. The minimum atomic E-state index is -1.37. The molecule has 46 heavy (non-hydrogen) atoms. The molecule has 1 unspecified atom stereocenters. The van der Waals surface area contributed by atoms with E-state index >= 15 is 0 Å². The highest BCUT2D eigenvalue weighted by Crippen LogP contribution is 2.69. The van der Waals surface area contributed by atoms with Gasteiger partial charge in [-0.3, -0.25) is 9.59 Å². The van der Waals surface area contributed by atoms with Crippen LogP contribution in [0.15, 0.2) is 0 Å². The zero-order valence-electron chi connectivity index (χ0n) is 28.9. The van der Waals surface area contributed by atoms with Crippen molar-refractivity contribution in [2.24, 2.45) is 46.3 Å². The second-order valence-electron chi connectivity index (χ2n) is 16.3. The summed E-state index contributed by atoms with van der Waals surface area (Å²) < 4.78 is 22.1. The van der Waals surface area contributed by atoms with Crippen molar-refractivity contribution in [3.8, 4) is 0 Å². The Labute approximate surface area is 274 Å². The molecule has 10 heteroatoms. The van der Waals surface area contributed by atoms with Crippen molar-refractivity contribution >= 4 is 11.9 Å². The standard InChI is InChI=1S/C36H60O10/c1-20(18-43-22(3)37)8-7-9-21(2)26-10-11-27-25-16-30(40)36(42)17-24(12-15-35(36,6)28(25)13-14-34(26,27)5)46-33-31(41)32(45-23(4)38)29(39)19-44-33/h20-21,24-33,39-42H,7-19H2,1-6H3/t20?,21-,24+,25+,26-,27+,28+,29-,30-,31+,32-,33+,34-,35-,36+/m1/s1. The van der Waals surface area contributed by atoms with Crippen LogP contribution in [0.5, 0.6) is 0 Å². The molecule has 15 atom stereocenters. The second kappa shape index (κ2) is 13.9. The fourth-order valence-corrected chi connectivity index (χ4v) is 11.1. The third-order valence-corrected chi connectivity index (χ3v) is 13.6. The Kier molecular flexibility index (Phi) is 10.9. The van der Waals surface area contributed by atoms with Crippen molar-refractivity contribution in [2.75, 3.05) is 13.2 Å². The fraction of sp³-hybridized carbons (Fsp3) is 0.944. The van der Waals surface area contributed by atoms with E-state index in [4.69, 9.17) is 18.9 Å². The predicted molar refractivity (Wildman–Crippen MR) is 169 cm³/mol. The molecule has 264 valence electrons. The molecule has 0 aromatic rings. The lowest BCUT2D eigenvalue weighted by atomic mass is 9.42. The van der Waals surface area contributed by atoms with E-state index in [2.05, 4.69) is 27.7 Å². The molecule has 4 aliphatic carbocycles. The van der Waals surface area contributed by atoms with Crippen LogP contribution in [-0.2, 0) is 28.5 Å². The fourth-order valence-electron chi connectivity index (χ4n) is 11.1. The van der Waals surface area contributed by atoms with Crippen LogP contribution in [0.3, 0.4) is 0 Å². The number of aliphatic hydroxyl groups is 4. The molecular weight excluding hydrogens is 592 g/mol. The van der Waals surface area contributed by atoms with Crippen LogP contribution in [0.25, 0.3) is 0 Å². The van der Waals surface area contributed by atoms with Gasteiger partial charge in [0.15, 0.2) is 12.4 Å². The monoisotopic (exact) mass is 652 g/mol. The highest BCUT2D eigenvalue weighted by Gasteiger charge is 2.67. The van der Waals surface area contributed by atoms with Gasteiger partial charge in [0.1, 0.15) is 12.2 Å². The van der Waals surface area contributed by atoms with E-state index < -0.39 is 53.8 Å². The van der Waals surface area contributed by atoms with Crippen molar-refractivity contribution in [3.63, 3.8) is 0 Å². The Balaban J connectivity index is 1.21. The summed E-state index contributed by atoms with van der Waals surface area (Å²) in [6.07, 6.45) is 3.98. The first-order chi connectivity index (χ1) is 21.6. The van der Waals surface area contributed by atoms with Gasteiger partial charge in [0, 0.05) is 25.7 Å². The van der Waals surface area contributed by atoms with Gasteiger partial charge in [0.05, 0.1) is 31.0 Å². The molecule has 1 saturated heterocycles. The van der Waals surface area contributed by atoms with Gasteiger partial charge >= 0.3 is 11.9 Å². The average Bonchev–Trinajstić information content (AvgIpc) is 3.34. The van der Waals surface area contributed by atoms with E-state index in [1.165, 1.54) is 33.1 Å². The molecule has 4 saturated carbocycles. The summed E-state index contributed by atoms with van der Waals surface area (Å²) >= 11 is 0. The van der Waals surface area contributed by atoms with Gasteiger partial charge < -0.3 is 39.4 Å². The van der Waals surface area contributed by atoms with Crippen molar-refractivity contribution in [2.45, 2.75) is 155 Å². The van der Waals surface area contributed by atoms with Gasteiger partial charge in [0.2, 0.25) is 0 Å². The van der Waals surface area contributed by atoms with Crippen LogP contribution in [0.1, 0.15) is 112 Å². The first-order valence-corrected chi connectivity index (χ1v) is 17.9. The molecule has 5 rings (SSSR count). The summed E-state index contributed by atoms with van der Waals surface area (Å²) in [5.74, 6) is 2.01. The zero-order valence-corrected chi connectivity index (χ0v) is 28.9. The van der Waals surface area contributed by atoms with Crippen LogP contribution >= 0.6 is 0 Å². The van der Waals surface area contributed by atoms with E-state index in [1.54, 1.807) is 0 Å². The van der Waals surface area contributed by atoms with Crippen molar-refractivity contribution in [1.29, 1.82) is 0 Å². The molecule has 0 aromatic carbocycles. The Bertz CT molecular complexity index is 1090. The lowest BCUT2D eigenvalue weighted by Gasteiger charge is -2.65. The van der Waals surface area contributed by atoms with Crippen molar-refractivity contribution in [3.05, 3.63) is 0 Å². The smallest absolute Gasteiger partial charge is 0.303 e. The maximum atomic E-state index is 12.3. The molecule has 0 aromatic heterocycles. The van der Waals surface area contributed by atoms with Gasteiger partial charge in [-0.2, -0.15) is 0 Å². The lowest BCUT2D eigenvalue weighted by Crippen LogP contribution is -2.69. The van der Waals surface area contributed by atoms with Gasteiger partial charge in [-0.25, -0.2) is 0 Å². The van der Waals surface area contributed by atoms with Crippen molar-refractivity contribution in [1.82, 2.24) is 0 Å². The number of ether oxygens (including phenoxy) is 4. The average molecular weight is 653 g/mol. The number of rotatable bonds is 10.